The zero-order valence-corrected chi connectivity index (χ0v) is 12.0. The number of carbonyl (C=O) groups is 1. The maximum Gasteiger partial charge on any atom is 0.280 e. The van der Waals surface area contributed by atoms with Gasteiger partial charge in [-0.25, -0.2) is 5.43 Å². The highest BCUT2D eigenvalue weighted by atomic mass is 16.5. The smallest absolute Gasteiger partial charge is 0.280 e. The standard InChI is InChI=1S/C16H17N3O2/c1-12-6-5-8-15(10-12)21-13(2)16(20)19-18-11-14-7-3-4-9-17-14/h3-11,13H,1-2H3,(H,19,20)/t13-/m1/s1. The third kappa shape index (κ3) is 4.72. The Hall–Kier alpha value is -2.69. The lowest BCUT2D eigenvalue weighted by Gasteiger charge is -2.13. The number of carbonyl (C=O) groups excluding carboxylic acids is 1. The molecule has 1 heterocycles. The molecule has 0 spiro atoms. The molecule has 1 amide bonds. The number of ether oxygens (including phenoxy) is 1. The highest BCUT2D eigenvalue weighted by molar-refractivity contribution is 5.83. The van der Waals surface area contributed by atoms with E-state index >= 15 is 0 Å². The van der Waals surface area contributed by atoms with Gasteiger partial charge >= 0.3 is 0 Å². The fourth-order valence-electron chi connectivity index (χ4n) is 1.65. The van der Waals surface area contributed by atoms with E-state index in [-0.39, 0.29) is 5.91 Å². The van der Waals surface area contributed by atoms with Crippen LogP contribution in [0.3, 0.4) is 0 Å². The second-order valence-corrected chi connectivity index (χ2v) is 4.57. The van der Waals surface area contributed by atoms with Crippen LogP contribution in [0.4, 0.5) is 0 Å². The van der Waals surface area contributed by atoms with Crippen LogP contribution in [-0.4, -0.2) is 23.2 Å². The van der Waals surface area contributed by atoms with Crippen molar-refractivity contribution in [2.24, 2.45) is 5.10 Å². The molecule has 0 aliphatic rings. The molecule has 5 nitrogen and oxygen atoms in total. The molecule has 21 heavy (non-hydrogen) atoms. The predicted molar refractivity (Wildman–Crippen MR) is 81.2 cm³/mol. The molecule has 0 aliphatic carbocycles. The van der Waals surface area contributed by atoms with Crippen LogP contribution in [0, 0.1) is 6.92 Å². The third-order valence-corrected chi connectivity index (χ3v) is 2.73. The van der Waals surface area contributed by atoms with Crippen molar-refractivity contribution >= 4 is 12.1 Å². The van der Waals surface area contributed by atoms with Crippen molar-refractivity contribution in [2.75, 3.05) is 0 Å². The van der Waals surface area contributed by atoms with Gasteiger partial charge in [0, 0.05) is 6.20 Å². The van der Waals surface area contributed by atoms with E-state index in [9.17, 15) is 4.79 Å². The second kappa shape index (κ2) is 7.19. The molecular weight excluding hydrogens is 266 g/mol. The monoisotopic (exact) mass is 283 g/mol. The molecule has 1 aromatic heterocycles. The number of benzene rings is 1. The average molecular weight is 283 g/mol. The summed E-state index contributed by atoms with van der Waals surface area (Å²) in [5, 5.41) is 3.85. The zero-order chi connectivity index (χ0) is 15.1. The molecule has 0 saturated heterocycles. The quantitative estimate of drug-likeness (QED) is 0.676. The highest BCUT2D eigenvalue weighted by Gasteiger charge is 2.13. The molecule has 1 aromatic carbocycles. The van der Waals surface area contributed by atoms with Crippen LogP contribution >= 0.6 is 0 Å². The van der Waals surface area contributed by atoms with Crippen LogP contribution in [0.2, 0.25) is 0 Å². The summed E-state index contributed by atoms with van der Waals surface area (Å²) in [7, 11) is 0. The van der Waals surface area contributed by atoms with Gasteiger partial charge < -0.3 is 4.74 Å². The van der Waals surface area contributed by atoms with E-state index in [0.717, 1.165) is 5.56 Å². The minimum absolute atomic E-state index is 0.316. The number of hydrogen-bond acceptors (Lipinski definition) is 4. The van der Waals surface area contributed by atoms with Gasteiger partial charge in [-0.15, -0.1) is 0 Å². The lowest BCUT2D eigenvalue weighted by atomic mass is 10.2. The van der Waals surface area contributed by atoms with Gasteiger partial charge in [0.05, 0.1) is 11.9 Å². The molecule has 0 saturated carbocycles. The molecule has 0 bridgehead atoms. The Bertz CT molecular complexity index is 626. The number of aryl methyl sites for hydroxylation is 1. The number of hydrazone groups is 1. The first kappa shape index (κ1) is 14.7. The van der Waals surface area contributed by atoms with Gasteiger partial charge in [-0.1, -0.05) is 18.2 Å². The lowest BCUT2D eigenvalue weighted by Crippen LogP contribution is -2.33. The molecule has 108 valence electrons. The van der Waals surface area contributed by atoms with Gasteiger partial charge in [0.25, 0.3) is 5.91 Å². The van der Waals surface area contributed by atoms with Crippen molar-refractivity contribution < 1.29 is 9.53 Å². The maximum atomic E-state index is 11.9. The molecule has 1 N–H and O–H groups in total. The molecule has 2 rings (SSSR count). The molecule has 5 heteroatoms. The summed E-state index contributed by atoms with van der Waals surface area (Å²) in [4.78, 5) is 15.9. The summed E-state index contributed by atoms with van der Waals surface area (Å²) < 4.78 is 5.56. The van der Waals surface area contributed by atoms with Gasteiger partial charge in [0.1, 0.15) is 5.75 Å². The summed E-state index contributed by atoms with van der Waals surface area (Å²) in [6.45, 7) is 3.64. The number of nitrogens with zero attached hydrogens (tertiary/aromatic N) is 2. The minimum Gasteiger partial charge on any atom is -0.481 e. The summed E-state index contributed by atoms with van der Waals surface area (Å²) in [5.74, 6) is 0.343. The van der Waals surface area contributed by atoms with E-state index in [1.807, 2.05) is 43.3 Å². The Kier molecular flexibility index (Phi) is 5.04. The van der Waals surface area contributed by atoms with E-state index in [0.29, 0.717) is 11.4 Å². The summed E-state index contributed by atoms with van der Waals surface area (Å²) in [6, 6.07) is 13.0. The number of rotatable bonds is 5. The summed E-state index contributed by atoms with van der Waals surface area (Å²) in [6.07, 6.45) is 2.51. The largest absolute Gasteiger partial charge is 0.481 e. The van der Waals surface area contributed by atoms with Gasteiger partial charge in [-0.2, -0.15) is 5.10 Å². The first-order valence-corrected chi connectivity index (χ1v) is 6.62. The predicted octanol–water partition coefficient (Wildman–Crippen LogP) is 2.31. The van der Waals surface area contributed by atoms with Crippen molar-refractivity contribution in [2.45, 2.75) is 20.0 Å². The van der Waals surface area contributed by atoms with E-state index < -0.39 is 6.10 Å². The van der Waals surface area contributed by atoms with E-state index in [4.69, 9.17) is 4.74 Å². The van der Waals surface area contributed by atoms with Crippen molar-refractivity contribution in [3.63, 3.8) is 0 Å². The Labute approximate surface area is 123 Å². The first-order chi connectivity index (χ1) is 10.1. The number of nitrogens with one attached hydrogen (secondary N) is 1. The topological polar surface area (TPSA) is 63.6 Å². The van der Waals surface area contributed by atoms with E-state index in [1.165, 1.54) is 6.21 Å². The highest BCUT2D eigenvalue weighted by Crippen LogP contribution is 2.14. The van der Waals surface area contributed by atoms with Crippen LogP contribution < -0.4 is 10.2 Å². The zero-order valence-electron chi connectivity index (χ0n) is 12.0. The van der Waals surface area contributed by atoms with Gasteiger partial charge in [0.2, 0.25) is 0 Å². The van der Waals surface area contributed by atoms with E-state index in [1.54, 1.807) is 19.2 Å². The molecular formula is C16H17N3O2. The van der Waals surface area contributed by atoms with Gasteiger partial charge in [0.15, 0.2) is 6.10 Å². The number of amides is 1. The molecule has 1 atom stereocenters. The Balaban J connectivity index is 1.87. The molecule has 0 radical (unpaired) electrons. The number of hydrogen-bond donors (Lipinski definition) is 1. The van der Waals surface area contributed by atoms with Crippen LogP contribution in [0.15, 0.2) is 53.8 Å². The van der Waals surface area contributed by atoms with Crippen LogP contribution in [0.25, 0.3) is 0 Å². The average Bonchev–Trinajstić information content (AvgIpc) is 2.48. The maximum absolute atomic E-state index is 11.9. The lowest BCUT2D eigenvalue weighted by molar-refractivity contribution is -0.127. The fraction of sp³-hybridized carbons (Fsp3) is 0.188. The Morgan fingerprint density at radius 2 is 2.19 bits per heavy atom. The first-order valence-electron chi connectivity index (χ1n) is 6.62. The molecule has 0 fully saturated rings. The van der Waals surface area contributed by atoms with Crippen molar-refractivity contribution in [1.82, 2.24) is 10.4 Å². The van der Waals surface area contributed by atoms with E-state index in [2.05, 4.69) is 15.5 Å². The minimum atomic E-state index is -0.632. The molecule has 0 unspecified atom stereocenters. The normalized spacial score (nSPS) is 12.1. The van der Waals surface area contributed by atoms with Crippen molar-refractivity contribution in [3.8, 4) is 5.75 Å². The van der Waals surface area contributed by atoms with Crippen molar-refractivity contribution in [1.29, 1.82) is 0 Å². The van der Waals surface area contributed by atoms with Gasteiger partial charge in [-0.05, 0) is 43.7 Å². The fourth-order valence-corrected chi connectivity index (χ4v) is 1.65. The molecule has 0 aliphatic heterocycles. The summed E-state index contributed by atoms with van der Waals surface area (Å²) >= 11 is 0. The Morgan fingerprint density at radius 3 is 2.90 bits per heavy atom. The SMILES string of the molecule is Cc1cccc(O[C@H](C)C(=O)NN=Cc2ccccn2)c1. The van der Waals surface area contributed by atoms with Gasteiger partial charge in [-0.3, -0.25) is 9.78 Å². The number of aromatic nitrogens is 1. The Morgan fingerprint density at radius 1 is 1.33 bits per heavy atom. The van der Waals surface area contributed by atoms with Crippen LogP contribution in [-0.2, 0) is 4.79 Å². The third-order valence-electron chi connectivity index (χ3n) is 2.73. The van der Waals surface area contributed by atoms with Crippen molar-refractivity contribution in [3.05, 3.63) is 59.9 Å². The van der Waals surface area contributed by atoms with Crippen LogP contribution in [0.1, 0.15) is 18.2 Å². The van der Waals surface area contributed by atoms with Crippen LogP contribution in [0.5, 0.6) is 5.75 Å². The number of pyridine rings is 1. The molecule has 2 aromatic rings. The summed E-state index contributed by atoms with van der Waals surface area (Å²) in [5.41, 5.74) is 4.18. The second-order valence-electron chi connectivity index (χ2n) is 4.57.